The van der Waals surface area contributed by atoms with Crippen LogP contribution < -0.4 is 0 Å². The number of aryl methyl sites for hydroxylation is 2. The molecule has 1 unspecified atom stereocenters. The van der Waals surface area contributed by atoms with E-state index in [2.05, 4.69) is 40.7 Å². The summed E-state index contributed by atoms with van der Waals surface area (Å²) in [7, 11) is 2.00. The number of hydrogen-bond acceptors (Lipinski definition) is 1. The summed E-state index contributed by atoms with van der Waals surface area (Å²) >= 11 is 2.45. The molecule has 3 heteroatoms. The first-order valence-corrected chi connectivity index (χ1v) is 5.04. The van der Waals surface area contributed by atoms with Crippen LogP contribution >= 0.6 is 22.6 Å². The van der Waals surface area contributed by atoms with Crippen molar-refractivity contribution >= 4 is 22.6 Å². The van der Waals surface area contributed by atoms with Crippen molar-refractivity contribution in [3.8, 4) is 0 Å². The van der Waals surface area contributed by atoms with Gasteiger partial charge in [-0.15, -0.1) is 0 Å². The number of nitrogens with zero attached hydrogens (tertiary/aromatic N) is 2. The number of aromatic nitrogens is 2. The molecule has 0 aromatic carbocycles. The molecule has 0 spiro atoms. The predicted molar refractivity (Wildman–Crippen MR) is 55.0 cm³/mol. The van der Waals surface area contributed by atoms with Gasteiger partial charge < -0.3 is 0 Å². The average Bonchev–Trinajstić information content (AvgIpc) is 2.28. The number of alkyl halides is 1. The molecule has 0 bridgehead atoms. The van der Waals surface area contributed by atoms with Crippen LogP contribution in [0.25, 0.3) is 0 Å². The lowest BCUT2D eigenvalue weighted by atomic mass is 10.2. The zero-order valence-electron chi connectivity index (χ0n) is 7.13. The second kappa shape index (κ2) is 3.56. The molecule has 1 heterocycles. The van der Waals surface area contributed by atoms with Crippen LogP contribution in [-0.2, 0) is 7.05 Å². The van der Waals surface area contributed by atoms with Crippen LogP contribution in [0.15, 0.2) is 6.07 Å². The second-order valence-corrected chi connectivity index (χ2v) is 4.21. The molecule has 2 nitrogen and oxygen atoms in total. The molecular formula is C8H13IN2. The van der Waals surface area contributed by atoms with Gasteiger partial charge in [-0.2, -0.15) is 5.10 Å². The first kappa shape index (κ1) is 9.03. The molecule has 0 radical (unpaired) electrons. The van der Waals surface area contributed by atoms with Crippen molar-refractivity contribution in [3.63, 3.8) is 0 Å². The Hall–Kier alpha value is -0.0600. The largest absolute Gasteiger partial charge is 0.271 e. The lowest BCUT2D eigenvalue weighted by Gasteiger charge is -2.05. The molecule has 0 saturated carbocycles. The van der Waals surface area contributed by atoms with Gasteiger partial charge in [0.25, 0.3) is 0 Å². The maximum Gasteiger partial charge on any atom is 0.0596 e. The minimum atomic E-state index is 0.596. The molecule has 0 aliphatic heterocycles. The van der Waals surface area contributed by atoms with E-state index in [-0.39, 0.29) is 0 Å². The zero-order valence-corrected chi connectivity index (χ0v) is 9.29. The van der Waals surface area contributed by atoms with Crippen LogP contribution in [0, 0.1) is 6.92 Å². The van der Waals surface area contributed by atoms with E-state index in [0.29, 0.717) is 3.92 Å². The molecule has 0 amide bonds. The molecule has 1 aromatic heterocycles. The van der Waals surface area contributed by atoms with E-state index in [0.717, 1.165) is 5.69 Å². The van der Waals surface area contributed by atoms with Crippen LogP contribution in [0.5, 0.6) is 0 Å². The Morgan fingerprint density at radius 3 is 2.73 bits per heavy atom. The summed E-state index contributed by atoms with van der Waals surface area (Å²) in [6.45, 7) is 4.22. The molecule has 0 N–H and O–H groups in total. The molecule has 0 aliphatic carbocycles. The third-order valence-corrected chi connectivity index (χ3v) is 3.24. The van der Waals surface area contributed by atoms with Gasteiger partial charge >= 0.3 is 0 Å². The Balaban J connectivity index is 2.93. The summed E-state index contributed by atoms with van der Waals surface area (Å²) < 4.78 is 2.56. The van der Waals surface area contributed by atoms with Crippen molar-refractivity contribution < 1.29 is 0 Å². The highest BCUT2D eigenvalue weighted by molar-refractivity contribution is 14.1. The molecule has 1 rings (SSSR count). The van der Waals surface area contributed by atoms with E-state index < -0.39 is 0 Å². The van der Waals surface area contributed by atoms with Gasteiger partial charge in [0.15, 0.2) is 0 Å². The Bertz CT molecular complexity index is 242. The van der Waals surface area contributed by atoms with E-state index in [1.807, 2.05) is 18.7 Å². The van der Waals surface area contributed by atoms with Crippen LogP contribution in [0.1, 0.15) is 28.7 Å². The number of rotatable bonds is 2. The molecule has 0 aliphatic rings. The van der Waals surface area contributed by atoms with Gasteiger partial charge in [-0.25, -0.2) is 0 Å². The Morgan fingerprint density at radius 1 is 1.73 bits per heavy atom. The van der Waals surface area contributed by atoms with Crippen molar-refractivity contribution in [1.82, 2.24) is 9.78 Å². The van der Waals surface area contributed by atoms with Crippen LogP contribution in [0.2, 0.25) is 0 Å². The van der Waals surface area contributed by atoms with Crippen molar-refractivity contribution in [2.45, 2.75) is 24.2 Å². The normalized spacial score (nSPS) is 13.5. The molecule has 1 aromatic rings. The van der Waals surface area contributed by atoms with Gasteiger partial charge in [-0.05, 0) is 19.4 Å². The maximum atomic E-state index is 4.29. The van der Waals surface area contributed by atoms with Gasteiger partial charge in [-0.1, -0.05) is 29.5 Å². The number of halogens is 1. The van der Waals surface area contributed by atoms with E-state index >= 15 is 0 Å². The summed E-state index contributed by atoms with van der Waals surface area (Å²) in [5.41, 5.74) is 2.43. The molecule has 11 heavy (non-hydrogen) atoms. The average molecular weight is 264 g/mol. The Morgan fingerprint density at radius 2 is 2.36 bits per heavy atom. The quantitative estimate of drug-likeness (QED) is 0.593. The van der Waals surface area contributed by atoms with E-state index in [1.54, 1.807) is 0 Å². The fourth-order valence-corrected chi connectivity index (χ4v) is 1.72. The van der Waals surface area contributed by atoms with E-state index in [1.165, 1.54) is 12.1 Å². The van der Waals surface area contributed by atoms with Gasteiger partial charge in [0.05, 0.1) is 15.3 Å². The SMILES string of the molecule is CCC(I)c1cc(C)nn1C. The molecule has 0 fully saturated rings. The molecule has 1 atom stereocenters. The summed E-state index contributed by atoms with van der Waals surface area (Å²) in [6.07, 6.45) is 1.17. The maximum absolute atomic E-state index is 4.29. The topological polar surface area (TPSA) is 17.8 Å². The third kappa shape index (κ3) is 1.95. The lowest BCUT2D eigenvalue weighted by molar-refractivity contribution is 0.694. The minimum Gasteiger partial charge on any atom is -0.271 e. The monoisotopic (exact) mass is 264 g/mol. The lowest BCUT2D eigenvalue weighted by Crippen LogP contribution is -1.99. The summed E-state index contributed by atoms with van der Waals surface area (Å²) in [5, 5.41) is 4.29. The van der Waals surface area contributed by atoms with Crippen molar-refractivity contribution in [3.05, 3.63) is 17.5 Å². The highest BCUT2D eigenvalue weighted by Crippen LogP contribution is 2.26. The summed E-state index contributed by atoms with van der Waals surface area (Å²) in [6, 6.07) is 2.15. The van der Waals surface area contributed by atoms with E-state index in [9.17, 15) is 0 Å². The van der Waals surface area contributed by atoms with Crippen LogP contribution in [0.3, 0.4) is 0 Å². The van der Waals surface area contributed by atoms with Gasteiger partial charge in [-0.3, -0.25) is 4.68 Å². The molecule has 62 valence electrons. The van der Waals surface area contributed by atoms with Crippen molar-refractivity contribution in [2.24, 2.45) is 7.05 Å². The molecule has 0 saturated heterocycles. The van der Waals surface area contributed by atoms with Crippen LogP contribution in [0.4, 0.5) is 0 Å². The Kier molecular flexibility index (Phi) is 2.92. The minimum absolute atomic E-state index is 0.596. The highest BCUT2D eigenvalue weighted by atomic mass is 127. The predicted octanol–water partition coefficient (Wildman–Crippen LogP) is 2.61. The number of hydrogen-bond donors (Lipinski definition) is 0. The first-order chi connectivity index (χ1) is 5.15. The standard InChI is InChI=1S/C8H13IN2/c1-4-7(9)8-5-6(2)10-11(8)3/h5,7H,4H2,1-3H3. The van der Waals surface area contributed by atoms with E-state index in [4.69, 9.17) is 0 Å². The summed E-state index contributed by atoms with van der Waals surface area (Å²) in [5.74, 6) is 0. The zero-order chi connectivity index (χ0) is 8.43. The fourth-order valence-electron chi connectivity index (χ4n) is 1.13. The van der Waals surface area contributed by atoms with Crippen molar-refractivity contribution in [2.75, 3.05) is 0 Å². The second-order valence-electron chi connectivity index (χ2n) is 2.71. The van der Waals surface area contributed by atoms with Gasteiger partial charge in [0, 0.05) is 7.05 Å². The Labute approximate surface area is 81.1 Å². The summed E-state index contributed by atoms with van der Waals surface area (Å²) in [4.78, 5) is 0. The molecular weight excluding hydrogens is 251 g/mol. The fraction of sp³-hybridized carbons (Fsp3) is 0.625. The van der Waals surface area contributed by atoms with Crippen LogP contribution in [-0.4, -0.2) is 9.78 Å². The van der Waals surface area contributed by atoms with Crippen molar-refractivity contribution in [1.29, 1.82) is 0 Å². The third-order valence-electron chi connectivity index (χ3n) is 1.72. The van der Waals surface area contributed by atoms with Gasteiger partial charge in [0.1, 0.15) is 0 Å². The smallest absolute Gasteiger partial charge is 0.0596 e. The first-order valence-electron chi connectivity index (χ1n) is 3.79. The highest BCUT2D eigenvalue weighted by Gasteiger charge is 2.09. The van der Waals surface area contributed by atoms with Gasteiger partial charge in [0.2, 0.25) is 0 Å².